The molecule has 0 radical (unpaired) electrons. The van der Waals surface area contributed by atoms with E-state index >= 15 is 0 Å². The number of benzene rings is 2. The Balaban J connectivity index is 1.72. The van der Waals surface area contributed by atoms with Gasteiger partial charge in [-0.3, -0.25) is 4.79 Å². The normalized spacial score (nSPS) is 11.5. The van der Waals surface area contributed by atoms with Crippen LogP contribution in [0.15, 0.2) is 83.9 Å². The fourth-order valence-corrected chi connectivity index (χ4v) is 3.48. The van der Waals surface area contributed by atoms with Crippen molar-refractivity contribution in [2.24, 2.45) is 0 Å². The first-order valence-corrected chi connectivity index (χ1v) is 10.6. The molecule has 10 heteroatoms. The standard InChI is InChI=1S/C25H22F2N6O2/c1-16-14-19(33-23(10-12-29-33)35-25(26)27)8-9-21(16)32-13-11-22(34)24(31-32)20(15-17(2)28)30-18-6-4-3-5-7-18/h3-15,25,28,30H,1-2H3/b20-15-,28-17?. The van der Waals surface area contributed by atoms with E-state index in [1.165, 1.54) is 23.0 Å². The van der Waals surface area contributed by atoms with Gasteiger partial charge in [-0.1, -0.05) is 18.2 Å². The fraction of sp³-hybridized carbons (Fsp3) is 0.120. The highest BCUT2D eigenvalue weighted by atomic mass is 19.3. The number of halogens is 2. The largest absolute Gasteiger partial charge is 0.417 e. The van der Waals surface area contributed by atoms with Gasteiger partial charge in [-0.05, 0) is 55.8 Å². The molecular weight excluding hydrogens is 454 g/mol. The summed E-state index contributed by atoms with van der Waals surface area (Å²) in [5.74, 6) is -0.0836. The van der Waals surface area contributed by atoms with Crippen LogP contribution >= 0.6 is 0 Å². The number of aromatic nitrogens is 4. The predicted octanol–water partition coefficient (Wildman–Crippen LogP) is 4.82. The Morgan fingerprint density at radius 2 is 1.91 bits per heavy atom. The third-order valence-electron chi connectivity index (χ3n) is 4.97. The van der Waals surface area contributed by atoms with Gasteiger partial charge in [0.25, 0.3) is 0 Å². The van der Waals surface area contributed by atoms with Crippen LogP contribution in [0.1, 0.15) is 18.2 Å². The predicted molar refractivity (Wildman–Crippen MR) is 130 cm³/mol. The number of hydrogen-bond donors (Lipinski definition) is 2. The van der Waals surface area contributed by atoms with Gasteiger partial charge in [0.15, 0.2) is 5.69 Å². The van der Waals surface area contributed by atoms with Crippen LogP contribution in [-0.2, 0) is 0 Å². The molecule has 178 valence electrons. The van der Waals surface area contributed by atoms with Gasteiger partial charge in [0, 0.05) is 29.7 Å². The molecule has 2 N–H and O–H groups in total. The molecule has 2 heterocycles. The number of ether oxygens (including phenoxy) is 1. The molecule has 0 atom stereocenters. The number of anilines is 1. The van der Waals surface area contributed by atoms with Crippen LogP contribution in [0.4, 0.5) is 14.5 Å². The molecule has 2 aromatic heterocycles. The monoisotopic (exact) mass is 476 g/mol. The highest BCUT2D eigenvalue weighted by Gasteiger charge is 2.15. The first kappa shape index (κ1) is 23.6. The van der Waals surface area contributed by atoms with Gasteiger partial charge in [-0.2, -0.15) is 19.0 Å². The Kier molecular flexibility index (Phi) is 6.81. The summed E-state index contributed by atoms with van der Waals surface area (Å²) in [4.78, 5) is 12.7. The number of aryl methyl sites for hydroxylation is 1. The summed E-state index contributed by atoms with van der Waals surface area (Å²) >= 11 is 0. The van der Waals surface area contributed by atoms with Gasteiger partial charge >= 0.3 is 6.61 Å². The van der Waals surface area contributed by atoms with Gasteiger partial charge in [0.05, 0.1) is 23.3 Å². The first-order valence-electron chi connectivity index (χ1n) is 10.6. The summed E-state index contributed by atoms with van der Waals surface area (Å²) in [7, 11) is 0. The van der Waals surface area contributed by atoms with E-state index in [9.17, 15) is 13.6 Å². The van der Waals surface area contributed by atoms with Crippen LogP contribution in [0.25, 0.3) is 17.1 Å². The highest BCUT2D eigenvalue weighted by molar-refractivity contribution is 5.98. The highest BCUT2D eigenvalue weighted by Crippen LogP contribution is 2.23. The summed E-state index contributed by atoms with van der Waals surface area (Å²) < 4.78 is 32.7. The molecular formula is C25H22F2N6O2. The molecule has 4 rings (SSSR count). The summed E-state index contributed by atoms with van der Waals surface area (Å²) in [6.07, 6.45) is 4.46. The van der Waals surface area contributed by atoms with Crippen molar-refractivity contribution in [3.63, 3.8) is 0 Å². The smallest absolute Gasteiger partial charge is 0.388 e. The van der Waals surface area contributed by atoms with E-state index in [2.05, 4.69) is 20.3 Å². The van der Waals surface area contributed by atoms with Crippen molar-refractivity contribution in [1.82, 2.24) is 19.6 Å². The lowest BCUT2D eigenvalue weighted by Crippen LogP contribution is -2.19. The average Bonchev–Trinajstić information content (AvgIpc) is 3.27. The van der Waals surface area contributed by atoms with Crippen molar-refractivity contribution in [1.29, 1.82) is 5.41 Å². The van der Waals surface area contributed by atoms with Crippen LogP contribution in [0, 0.1) is 12.3 Å². The number of nitrogens with one attached hydrogen (secondary N) is 2. The molecule has 0 aliphatic rings. The second-order valence-electron chi connectivity index (χ2n) is 7.64. The number of alkyl halides is 2. The number of para-hydroxylation sites is 1. The van der Waals surface area contributed by atoms with E-state index in [4.69, 9.17) is 5.41 Å². The lowest BCUT2D eigenvalue weighted by atomic mass is 10.1. The molecule has 0 amide bonds. The Labute approximate surface area is 199 Å². The minimum Gasteiger partial charge on any atom is -0.417 e. The van der Waals surface area contributed by atoms with E-state index in [0.717, 1.165) is 11.3 Å². The maximum atomic E-state index is 12.7. The van der Waals surface area contributed by atoms with Crippen molar-refractivity contribution >= 4 is 17.1 Å². The molecule has 35 heavy (non-hydrogen) atoms. The van der Waals surface area contributed by atoms with Crippen molar-refractivity contribution in [2.45, 2.75) is 20.5 Å². The number of hydrogen-bond acceptors (Lipinski definition) is 6. The molecule has 2 aromatic carbocycles. The summed E-state index contributed by atoms with van der Waals surface area (Å²) in [6, 6.07) is 17.2. The molecule has 0 aliphatic carbocycles. The van der Waals surface area contributed by atoms with Crippen LogP contribution in [0.5, 0.6) is 5.88 Å². The third-order valence-corrected chi connectivity index (χ3v) is 4.97. The summed E-state index contributed by atoms with van der Waals surface area (Å²) in [6.45, 7) is 0.472. The van der Waals surface area contributed by atoms with Gasteiger partial charge in [0.1, 0.15) is 0 Å². The van der Waals surface area contributed by atoms with Crippen molar-refractivity contribution in [3.05, 3.63) is 101 Å². The fourth-order valence-electron chi connectivity index (χ4n) is 3.48. The maximum absolute atomic E-state index is 12.7. The van der Waals surface area contributed by atoms with Crippen molar-refractivity contribution in [2.75, 3.05) is 5.32 Å². The van der Waals surface area contributed by atoms with Crippen molar-refractivity contribution < 1.29 is 13.5 Å². The van der Waals surface area contributed by atoms with Crippen molar-refractivity contribution in [3.8, 4) is 17.3 Å². The second-order valence-corrected chi connectivity index (χ2v) is 7.64. The van der Waals surface area contributed by atoms with E-state index < -0.39 is 6.61 Å². The SMILES string of the molecule is CC(=N)/C=C(\Nc1ccccc1)c1nn(-c2ccc(-n3nccc3OC(F)F)cc2C)ccc1=O. The molecule has 4 aromatic rings. The van der Waals surface area contributed by atoms with Gasteiger partial charge < -0.3 is 15.5 Å². The second kappa shape index (κ2) is 10.1. The minimum atomic E-state index is -2.97. The van der Waals surface area contributed by atoms with Gasteiger partial charge in [0.2, 0.25) is 11.3 Å². The lowest BCUT2D eigenvalue weighted by molar-refractivity contribution is -0.0544. The third kappa shape index (κ3) is 5.49. The van der Waals surface area contributed by atoms with Crippen LogP contribution in [0.3, 0.4) is 0 Å². The minimum absolute atomic E-state index is 0.0836. The quantitative estimate of drug-likeness (QED) is 0.355. The zero-order chi connectivity index (χ0) is 24.9. The van der Waals surface area contributed by atoms with E-state index in [-0.39, 0.29) is 22.7 Å². The molecule has 0 aliphatic heterocycles. The zero-order valence-electron chi connectivity index (χ0n) is 18.9. The van der Waals surface area contributed by atoms with Crippen LogP contribution < -0.4 is 15.5 Å². The molecule has 0 fully saturated rings. The Morgan fingerprint density at radius 3 is 2.60 bits per heavy atom. The number of nitrogens with zero attached hydrogens (tertiary/aromatic N) is 4. The molecule has 8 nitrogen and oxygen atoms in total. The Hall–Kier alpha value is -4.60. The summed E-state index contributed by atoms with van der Waals surface area (Å²) in [5, 5.41) is 19.7. The maximum Gasteiger partial charge on any atom is 0.388 e. The van der Waals surface area contributed by atoms with E-state index in [1.54, 1.807) is 42.1 Å². The van der Waals surface area contributed by atoms with Crippen LogP contribution in [-0.4, -0.2) is 31.9 Å². The van der Waals surface area contributed by atoms with Crippen LogP contribution in [0.2, 0.25) is 0 Å². The van der Waals surface area contributed by atoms with Gasteiger partial charge in [-0.25, -0.2) is 9.36 Å². The first-order chi connectivity index (χ1) is 16.8. The average molecular weight is 476 g/mol. The molecule has 0 saturated heterocycles. The number of rotatable bonds is 8. The zero-order valence-corrected chi connectivity index (χ0v) is 18.9. The molecule has 0 bridgehead atoms. The number of allylic oxidation sites excluding steroid dienone is 1. The van der Waals surface area contributed by atoms with E-state index in [1.807, 2.05) is 37.3 Å². The van der Waals surface area contributed by atoms with Gasteiger partial charge in [-0.15, -0.1) is 0 Å². The summed E-state index contributed by atoms with van der Waals surface area (Å²) in [5.41, 5.74) is 3.18. The lowest BCUT2D eigenvalue weighted by Gasteiger charge is -2.15. The van der Waals surface area contributed by atoms with E-state index in [0.29, 0.717) is 17.1 Å². The Bertz CT molecular complexity index is 1440. The molecule has 0 spiro atoms. The topological polar surface area (TPSA) is 97.8 Å². The molecule has 0 saturated carbocycles. The Morgan fingerprint density at radius 1 is 1.14 bits per heavy atom. The molecule has 0 unspecified atom stereocenters.